The van der Waals surface area contributed by atoms with Crippen LogP contribution in [-0.4, -0.2) is 27.1 Å². The number of hydrogen-bond acceptors (Lipinski definition) is 6. The molecular formula is C14H14NO3S3-. The first-order chi connectivity index (χ1) is 9.90. The van der Waals surface area contributed by atoms with E-state index in [0.717, 1.165) is 16.6 Å². The number of hydrogen-bond donors (Lipinski definition) is 0. The highest BCUT2D eigenvalue weighted by molar-refractivity contribution is 8.26. The predicted molar refractivity (Wildman–Crippen MR) is 87.6 cm³/mol. The molecule has 1 atom stereocenters. The summed E-state index contributed by atoms with van der Waals surface area (Å²) in [5, 5.41) is 13.3. The molecule has 0 aliphatic carbocycles. The van der Waals surface area contributed by atoms with Crippen molar-refractivity contribution in [3.8, 4) is 0 Å². The van der Waals surface area contributed by atoms with Gasteiger partial charge in [-0.1, -0.05) is 43.9 Å². The Hall–Kier alpha value is -1.18. The smallest absolute Gasteiger partial charge is 0.266 e. The maximum atomic E-state index is 12.4. The molecular weight excluding hydrogens is 326 g/mol. The minimum Gasteiger partial charge on any atom is -0.548 e. The largest absolute Gasteiger partial charge is 0.548 e. The van der Waals surface area contributed by atoms with E-state index in [2.05, 4.69) is 0 Å². The van der Waals surface area contributed by atoms with Crippen molar-refractivity contribution in [2.75, 3.05) is 0 Å². The van der Waals surface area contributed by atoms with Crippen LogP contribution in [-0.2, 0) is 9.59 Å². The van der Waals surface area contributed by atoms with Crippen LogP contribution in [0.25, 0.3) is 6.08 Å². The van der Waals surface area contributed by atoms with Gasteiger partial charge in [0.25, 0.3) is 5.91 Å². The maximum Gasteiger partial charge on any atom is 0.266 e. The number of thiocarbonyl (C=S) groups is 1. The minimum atomic E-state index is -1.27. The van der Waals surface area contributed by atoms with Gasteiger partial charge < -0.3 is 9.90 Å². The van der Waals surface area contributed by atoms with Gasteiger partial charge in [-0.3, -0.25) is 9.69 Å². The molecule has 0 spiro atoms. The molecule has 1 saturated heterocycles. The summed E-state index contributed by atoms with van der Waals surface area (Å²) >= 11 is 7.82. The summed E-state index contributed by atoms with van der Waals surface area (Å²) in [6, 6.07) is 2.77. The number of nitrogens with zero attached hydrogens (tertiary/aromatic N) is 1. The van der Waals surface area contributed by atoms with Crippen LogP contribution in [0.4, 0.5) is 0 Å². The maximum absolute atomic E-state index is 12.4. The molecule has 2 rings (SSSR count). The Bertz CT molecular complexity index is 593. The van der Waals surface area contributed by atoms with Crippen LogP contribution >= 0.6 is 35.3 Å². The Balaban J connectivity index is 2.27. The third-order valence-corrected chi connectivity index (χ3v) is 5.07. The van der Waals surface area contributed by atoms with E-state index in [-0.39, 0.29) is 16.1 Å². The van der Waals surface area contributed by atoms with E-state index in [1.807, 2.05) is 31.4 Å². The fraction of sp³-hybridized carbons (Fsp3) is 0.357. The van der Waals surface area contributed by atoms with E-state index in [1.54, 1.807) is 6.08 Å². The minimum absolute atomic E-state index is 0.124. The van der Waals surface area contributed by atoms with Crippen LogP contribution in [0.3, 0.4) is 0 Å². The van der Waals surface area contributed by atoms with Crippen molar-refractivity contribution in [1.29, 1.82) is 0 Å². The van der Waals surface area contributed by atoms with Crippen molar-refractivity contribution in [2.45, 2.75) is 26.3 Å². The SMILES string of the molecule is CC(C)C[C@H](C(=O)[O-])N1C(=O)/C(=C/c2cccs2)SC1=S. The lowest BCUT2D eigenvalue weighted by molar-refractivity contribution is -0.310. The Labute approximate surface area is 136 Å². The highest BCUT2D eigenvalue weighted by Crippen LogP contribution is 2.35. The number of rotatable bonds is 5. The first-order valence-corrected chi connectivity index (χ1v) is 8.52. The molecule has 2 heterocycles. The topological polar surface area (TPSA) is 60.4 Å². The van der Waals surface area contributed by atoms with Crippen LogP contribution in [0.15, 0.2) is 22.4 Å². The third-order valence-electron chi connectivity index (χ3n) is 2.92. The number of thioether (sulfide) groups is 1. The normalized spacial score (nSPS) is 18.8. The third kappa shape index (κ3) is 3.72. The summed E-state index contributed by atoms with van der Waals surface area (Å²) in [6.07, 6.45) is 2.06. The van der Waals surface area contributed by atoms with Crippen LogP contribution < -0.4 is 5.11 Å². The number of aliphatic carboxylic acids is 1. The average molecular weight is 340 g/mol. The highest BCUT2D eigenvalue weighted by atomic mass is 32.2. The van der Waals surface area contributed by atoms with Crippen LogP contribution in [0, 0.1) is 5.92 Å². The molecule has 1 aliphatic rings. The van der Waals surface area contributed by atoms with Crippen LogP contribution in [0.1, 0.15) is 25.1 Å². The van der Waals surface area contributed by atoms with Crippen LogP contribution in [0.5, 0.6) is 0 Å². The molecule has 1 aliphatic heterocycles. The second-order valence-corrected chi connectivity index (χ2v) is 7.69. The predicted octanol–water partition coefficient (Wildman–Crippen LogP) is 2.11. The van der Waals surface area contributed by atoms with Gasteiger partial charge in [-0.2, -0.15) is 0 Å². The molecule has 7 heteroatoms. The molecule has 0 aromatic carbocycles. The van der Waals surface area contributed by atoms with Crippen molar-refractivity contribution in [1.82, 2.24) is 4.90 Å². The lowest BCUT2D eigenvalue weighted by atomic mass is 10.0. The second kappa shape index (κ2) is 6.72. The van der Waals surface area contributed by atoms with Gasteiger partial charge >= 0.3 is 0 Å². The molecule has 1 amide bonds. The fourth-order valence-electron chi connectivity index (χ4n) is 2.00. The number of thiophene rings is 1. The summed E-state index contributed by atoms with van der Waals surface area (Å²) in [6.45, 7) is 3.80. The number of carboxylic acid groups (broad SMARTS) is 1. The summed E-state index contributed by atoms with van der Waals surface area (Å²) in [7, 11) is 0. The zero-order chi connectivity index (χ0) is 15.6. The van der Waals surface area contributed by atoms with Gasteiger partial charge in [0, 0.05) is 4.88 Å². The molecule has 21 heavy (non-hydrogen) atoms. The molecule has 0 unspecified atom stereocenters. The Morgan fingerprint density at radius 2 is 2.24 bits per heavy atom. The molecule has 0 bridgehead atoms. The first-order valence-electron chi connectivity index (χ1n) is 6.41. The molecule has 0 saturated carbocycles. The van der Waals surface area contributed by atoms with E-state index in [9.17, 15) is 14.7 Å². The van der Waals surface area contributed by atoms with Crippen molar-refractivity contribution in [3.05, 3.63) is 27.3 Å². The summed E-state index contributed by atoms with van der Waals surface area (Å²) < 4.78 is 0.276. The Morgan fingerprint density at radius 3 is 2.76 bits per heavy atom. The molecule has 0 radical (unpaired) electrons. The highest BCUT2D eigenvalue weighted by Gasteiger charge is 2.37. The van der Waals surface area contributed by atoms with Gasteiger partial charge in [0.1, 0.15) is 4.32 Å². The number of carbonyl (C=O) groups excluding carboxylic acids is 2. The van der Waals surface area contributed by atoms with Gasteiger partial charge in [0.2, 0.25) is 0 Å². The number of carboxylic acids is 1. The van der Waals surface area contributed by atoms with Crippen molar-refractivity contribution in [2.24, 2.45) is 5.92 Å². The number of carbonyl (C=O) groups is 2. The van der Waals surface area contributed by atoms with Gasteiger partial charge in [0.15, 0.2) is 0 Å². The lowest BCUT2D eigenvalue weighted by Gasteiger charge is -2.28. The lowest BCUT2D eigenvalue weighted by Crippen LogP contribution is -2.50. The van der Waals surface area contributed by atoms with E-state index in [4.69, 9.17) is 12.2 Å². The Kier molecular flexibility index (Phi) is 5.18. The molecule has 112 valence electrons. The van der Waals surface area contributed by atoms with Crippen molar-refractivity contribution < 1.29 is 14.7 Å². The van der Waals surface area contributed by atoms with E-state index in [0.29, 0.717) is 11.3 Å². The zero-order valence-corrected chi connectivity index (χ0v) is 14.0. The van der Waals surface area contributed by atoms with Gasteiger partial charge in [0.05, 0.1) is 16.9 Å². The quantitative estimate of drug-likeness (QED) is 0.607. The van der Waals surface area contributed by atoms with Gasteiger partial charge in [-0.05, 0) is 29.9 Å². The molecule has 1 aromatic heterocycles. The molecule has 4 nitrogen and oxygen atoms in total. The second-order valence-electron chi connectivity index (χ2n) is 5.03. The van der Waals surface area contributed by atoms with E-state index < -0.39 is 12.0 Å². The fourth-order valence-corrected chi connectivity index (χ4v) is 4.08. The van der Waals surface area contributed by atoms with Crippen molar-refractivity contribution in [3.63, 3.8) is 0 Å². The summed E-state index contributed by atoms with van der Waals surface area (Å²) in [5.41, 5.74) is 0. The van der Waals surface area contributed by atoms with Crippen molar-refractivity contribution >= 4 is 57.6 Å². The van der Waals surface area contributed by atoms with Crippen LogP contribution in [0.2, 0.25) is 0 Å². The first kappa shape index (κ1) is 16.2. The summed E-state index contributed by atoms with van der Waals surface area (Å²) in [5.74, 6) is -1.50. The van der Waals surface area contributed by atoms with Gasteiger partial charge in [-0.25, -0.2) is 0 Å². The number of amides is 1. The standard InChI is InChI=1S/C14H15NO3S3/c1-8(2)6-10(13(17)18)15-12(16)11(21-14(15)19)7-9-4-3-5-20-9/h3-5,7-8,10H,6H2,1-2H3,(H,17,18)/p-1/b11-7-/t10-/m1/s1. The summed E-state index contributed by atoms with van der Waals surface area (Å²) in [4.78, 5) is 26.3. The molecule has 1 aromatic rings. The van der Waals surface area contributed by atoms with Gasteiger partial charge in [-0.15, -0.1) is 11.3 Å². The van der Waals surface area contributed by atoms with E-state index in [1.165, 1.54) is 16.2 Å². The Morgan fingerprint density at radius 1 is 1.52 bits per heavy atom. The monoisotopic (exact) mass is 340 g/mol. The van der Waals surface area contributed by atoms with E-state index >= 15 is 0 Å². The molecule has 1 fully saturated rings. The molecule has 0 N–H and O–H groups in total. The average Bonchev–Trinajstić information content (AvgIpc) is 2.97. The zero-order valence-electron chi connectivity index (χ0n) is 11.6.